The molecular formula is C28H24O7S2. The van der Waals surface area contributed by atoms with Crippen LogP contribution >= 0.6 is 10.5 Å². The molecule has 9 heteroatoms. The smallest absolute Gasteiger partial charge is 0.344 e. The van der Waals surface area contributed by atoms with Gasteiger partial charge in [-0.25, -0.2) is 4.79 Å². The van der Waals surface area contributed by atoms with Crippen molar-refractivity contribution < 1.29 is 31.7 Å². The summed E-state index contributed by atoms with van der Waals surface area (Å²) in [7, 11) is -3.95. The minimum atomic E-state index is -3.55. The van der Waals surface area contributed by atoms with Crippen molar-refractivity contribution in [2.75, 3.05) is 6.61 Å². The Balaban J connectivity index is 1.06. The lowest BCUT2D eigenvalue weighted by Crippen LogP contribution is -2.38. The molecule has 1 saturated heterocycles. The van der Waals surface area contributed by atoms with Crippen LogP contribution in [0.5, 0.6) is 5.75 Å². The Kier molecular flexibility index (Phi) is 5.32. The van der Waals surface area contributed by atoms with Crippen molar-refractivity contribution in [1.29, 1.82) is 0 Å². The molecule has 2 bridgehead atoms. The second-order valence-corrected chi connectivity index (χ2v) is 13.8. The summed E-state index contributed by atoms with van der Waals surface area (Å²) < 4.78 is 40.8. The van der Waals surface area contributed by atoms with Crippen LogP contribution in [-0.2, 0) is 23.8 Å². The summed E-state index contributed by atoms with van der Waals surface area (Å²) in [4.78, 5) is 28.7. The number of carbonyl (C=O) groups excluding carboxylic acids is 2. The maximum absolute atomic E-state index is 13.1. The van der Waals surface area contributed by atoms with Crippen LogP contribution in [0.25, 0.3) is 0 Å². The lowest BCUT2D eigenvalue weighted by Gasteiger charge is -2.28. The van der Waals surface area contributed by atoms with Gasteiger partial charge in [-0.05, 0) is 48.0 Å². The van der Waals surface area contributed by atoms with Crippen molar-refractivity contribution in [1.82, 2.24) is 0 Å². The highest BCUT2D eigenvalue weighted by atomic mass is 32.2. The van der Waals surface area contributed by atoms with Crippen LogP contribution in [0.4, 0.5) is 0 Å². The van der Waals surface area contributed by atoms with Crippen molar-refractivity contribution in [3.05, 3.63) is 78.4 Å². The summed E-state index contributed by atoms with van der Waals surface area (Å²) in [5, 5.41) is -0.448. The Morgan fingerprint density at radius 1 is 1.05 bits per heavy atom. The first-order valence-electron chi connectivity index (χ1n) is 12.3. The Morgan fingerprint density at radius 3 is 2.70 bits per heavy atom. The number of rotatable bonds is 5. The summed E-state index contributed by atoms with van der Waals surface area (Å²) in [6, 6.07) is 15.4. The molecule has 7 atom stereocenters. The Hall–Kier alpha value is -3.01. The number of allylic oxidation sites excluding steroid dienone is 4. The normalized spacial score (nSPS) is 33.8. The number of carbonyl (C=O) groups is 2. The molecule has 2 aromatic carbocycles. The van der Waals surface area contributed by atoms with Gasteiger partial charge in [0.25, 0.3) is 10.1 Å². The molecule has 0 amide bonds. The van der Waals surface area contributed by atoms with Gasteiger partial charge < -0.3 is 9.47 Å². The minimum Gasteiger partial charge on any atom is -0.482 e. The molecule has 7 rings (SSSR count). The van der Waals surface area contributed by atoms with Gasteiger partial charge in [0, 0.05) is 27.2 Å². The van der Waals surface area contributed by atoms with Gasteiger partial charge >= 0.3 is 5.97 Å². The van der Waals surface area contributed by atoms with Crippen LogP contribution in [0.1, 0.15) is 23.2 Å². The Bertz CT molecular complexity index is 1520. The second kappa shape index (κ2) is 8.51. The predicted molar refractivity (Wildman–Crippen MR) is 137 cm³/mol. The molecule has 0 N–H and O–H groups in total. The Morgan fingerprint density at radius 2 is 1.86 bits per heavy atom. The predicted octanol–water partition coefficient (Wildman–Crippen LogP) is 3.91. The molecule has 5 aliphatic rings. The van der Waals surface area contributed by atoms with E-state index in [0.717, 1.165) is 26.6 Å². The van der Waals surface area contributed by atoms with Crippen LogP contribution in [0.3, 0.4) is 0 Å². The van der Waals surface area contributed by atoms with Gasteiger partial charge in [-0.3, -0.25) is 8.98 Å². The molecule has 190 valence electrons. The monoisotopic (exact) mass is 536 g/mol. The standard InChI is InChI=1S/C28H24O7S2/c29-25(34-27-16-13-21-24(14-16)37(31,32)35-28(21)27)15-33-17-9-11-18(12-10-17)36-22-7-3-1-5-19(22)26(30)20-6-2-4-8-23(20)36/h1-12,16,19,21,24,27-28H,13-15H2. The van der Waals surface area contributed by atoms with E-state index in [1.807, 2.05) is 72.8 Å². The first-order valence-corrected chi connectivity index (χ1v) is 15.0. The molecule has 0 aromatic heterocycles. The molecule has 37 heavy (non-hydrogen) atoms. The van der Waals surface area contributed by atoms with Crippen molar-refractivity contribution >= 4 is 37.2 Å². The summed E-state index contributed by atoms with van der Waals surface area (Å²) in [6.07, 6.45) is 8.01. The zero-order chi connectivity index (χ0) is 25.3. The van der Waals surface area contributed by atoms with Crippen LogP contribution in [0.2, 0.25) is 0 Å². The number of hydrogen-bond acceptors (Lipinski definition) is 7. The molecule has 0 radical (unpaired) electrons. The van der Waals surface area contributed by atoms with E-state index in [1.165, 1.54) is 0 Å². The highest BCUT2D eigenvalue weighted by Crippen LogP contribution is 2.55. The van der Waals surface area contributed by atoms with E-state index in [0.29, 0.717) is 12.2 Å². The van der Waals surface area contributed by atoms with Gasteiger partial charge in [0.1, 0.15) is 18.0 Å². The number of ether oxygens (including phenoxy) is 2. The molecule has 2 aliphatic heterocycles. The SMILES string of the molecule is O=C(COc1ccc(S2=C3C=CC=CC3C(=O)c3ccccc32)cc1)OC1C2CC3C1OS(=O)(=O)C3C2. The highest BCUT2D eigenvalue weighted by Gasteiger charge is 2.65. The van der Waals surface area contributed by atoms with Crippen LogP contribution < -0.4 is 4.74 Å². The molecule has 7 unspecified atom stereocenters. The summed E-state index contributed by atoms with van der Waals surface area (Å²) in [5.41, 5.74) is 0.758. The molecule has 7 nitrogen and oxygen atoms in total. The van der Waals surface area contributed by atoms with E-state index < -0.39 is 44.0 Å². The fourth-order valence-electron chi connectivity index (χ4n) is 6.39. The number of esters is 1. The topological polar surface area (TPSA) is 96.0 Å². The largest absolute Gasteiger partial charge is 0.482 e. The zero-order valence-corrected chi connectivity index (χ0v) is 21.3. The average Bonchev–Trinajstić information content (AvgIpc) is 3.53. The first-order chi connectivity index (χ1) is 17.9. The zero-order valence-electron chi connectivity index (χ0n) is 19.7. The van der Waals surface area contributed by atoms with Gasteiger partial charge in [0.05, 0.1) is 11.2 Å². The van der Waals surface area contributed by atoms with Gasteiger partial charge in [-0.2, -0.15) is 8.42 Å². The molecule has 2 saturated carbocycles. The molecular weight excluding hydrogens is 512 g/mol. The third-order valence-corrected chi connectivity index (χ3v) is 12.1. The maximum Gasteiger partial charge on any atom is 0.344 e. The maximum atomic E-state index is 13.1. The Labute approximate surface area is 217 Å². The van der Waals surface area contributed by atoms with Gasteiger partial charge in [-0.1, -0.05) is 42.5 Å². The van der Waals surface area contributed by atoms with Crippen LogP contribution in [-0.4, -0.2) is 49.1 Å². The third-order valence-electron chi connectivity index (χ3n) is 7.97. The molecule has 0 spiro atoms. The fraction of sp³-hybridized carbons (Fsp3) is 0.321. The summed E-state index contributed by atoms with van der Waals surface area (Å²) in [5.74, 6) is -0.191. The highest BCUT2D eigenvalue weighted by molar-refractivity contribution is 8.16. The molecule has 3 fully saturated rings. The first kappa shape index (κ1) is 23.1. The van der Waals surface area contributed by atoms with E-state index in [1.54, 1.807) is 0 Å². The molecule has 3 aliphatic carbocycles. The van der Waals surface area contributed by atoms with E-state index in [9.17, 15) is 18.0 Å². The quantitative estimate of drug-likeness (QED) is 0.325. The number of fused-ring (bicyclic) bond motifs is 3. The van der Waals surface area contributed by atoms with Gasteiger partial charge in [0.2, 0.25) is 0 Å². The summed E-state index contributed by atoms with van der Waals surface area (Å²) >= 11 is 0. The third kappa shape index (κ3) is 3.66. The summed E-state index contributed by atoms with van der Waals surface area (Å²) in [6.45, 7) is -0.272. The number of Topliss-reactive ketones (excluding diaryl/α,β-unsaturated/α-hetero) is 1. The average molecular weight is 537 g/mol. The lowest BCUT2D eigenvalue weighted by molar-refractivity contribution is -0.158. The molecule has 2 aromatic rings. The van der Waals surface area contributed by atoms with Crippen molar-refractivity contribution in [3.63, 3.8) is 0 Å². The molecule has 2 heterocycles. The number of hydrogen-bond donors (Lipinski definition) is 0. The fourth-order valence-corrected chi connectivity index (χ4v) is 10.7. The second-order valence-electron chi connectivity index (χ2n) is 9.99. The van der Waals surface area contributed by atoms with Crippen molar-refractivity contribution in [2.24, 2.45) is 17.8 Å². The van der Waals surface area contributed by atoms with Crippen LogP contribution in [0.15, 0.2) is 82.6 Å². The van der Waals surface area contributed by atoms with E-state index >= 15 is 0 Å². The van der Waals surface area contributed by atoms with E-state index in [-0.39, 0.29) is 30.1 Å². The number of benzene rings is 2. The van der Waals surface area contributed by atoms with Gasteiger partial charge in [0.15, 0.2) is 12.4 Å². The minimum absolute atomic E-state index is 0.0248. The van der Waals surface area contributed by atoms with Gasteiger partial charge in [-0.15, -0.1) is 10.5 Å². The van der Waals surface area contributed by atoms with Crippen molar-refractivity contribution in [3.8, 4) is 5.75 Å². The van der Waals surface area contributed by atoms with E-state index in [2.05, 4.69) is 0 Å². The lowest BCUT2D eigenvalue weighted by atomic mass is 9.91. The van der Waals surface area contributed by atoms with Crippen LogP contribution in [0, 0.1) is 17.8 Å². The number of ketones is 1. The van der Waals surface area contributed by atoms with E-state index in [4.69, 9.17) is 13.7 Å². The van der Waals surface area contributed by atoms with Crippen molar-refractivity contribution in [2.45, 2.75) is 40.1 Å².